The number of thiazole rings is 1. The predicted octanol–water partition coefficient (Wildman–Crippen LogP) is 2.94. The SMILES string of the molecule is O=C(C[n+]1csc2c1CCCC2)c1ccc(F)cc1. The van der Waals surface area contributed by atoms with Crippen molar-refractivity contribution in [3.05, 3.63) is 51.7 Å². The van der Waals surface area contributed by atoms with E-state index in [2.05, 4.69) is 4.57 Å². The van der Waals surface area contributed by atoms with Gasteiger partial charge in [-0.3, -0.25) is 4.79 Å². The number of nitrogens with zero attached hydrogens (tertiary/aromatic N) is 1. The molecule has 4 heteroatoms. The molecule has 0 unspecified atom stereocenters. The molecular weight excluding hydrogens is 261 g/mol. The molecule has 1 aromatic heterocycles. The average Bonchev–Trinajstić information content (AvgIpc) is 2.83. The van der Waals surface area contributed by atoms with Crippen LogP contribution in [0.15, 0.2) is 29.8 Å². The van der Waals surface area contributed by atoms with Gasteiger partial charge in [-0.1, -0.05) is 11.3 Å². The van der Waals surface area contributed by atoms with Crippen LogP contribution in [-0.2, 0) is 19.4 Å². The summed E-state index contributed by atoms with van der Waals surface area (Å²) in [7, 11) is 0. The largest absolute Gasteiger partial charge is 0.287 e. The highest BCUT2D eigenvalue weighted by molar-refractivity contribution is 7.09. The third kappa shape index (κ3) is 2.59. The fourth-order valence-corrected chi connectivity index (χ4v) is 3.57. The van der Waals surface area contributed by atoms with Crippen LogP contribution in [-0.4, -0.2) is 5.78 Å². The normalized spacial score (nSPS) is 14.2. The number of ketones is 1. The van der Waals surface area contributed by atoms with Crippen molar-refractivity contribution >= 4 is 17.1 Å². The summed E-state index contributed by atoms with van der Waals surface area (Å²) in [4.78, 5) is 13.6. The molecule has 0 spiro atoms. The van der Waals surface area contributed by atoms with Crippen LogP contribution in [0, 0.1) is 5.82 Å². The van der Waals surface area contributed by atoms with Crippen LogP contribution in [0.25, 0.3) is 0 Å². The number of benzene rings is 1. The molecule has 19 heavy (non-hydrogen) atoms. The summed E-state index contributed by atoms with van der Waals surface area (Å²) < 4.78 is 14.9. The third-order valence-corrected chi connectivity index (χ3v) is 4.62. The van der Waals surface area contributed by atoms with Crippen molar-refractivity contribution in [2.45, 2.75) is 32.2 Å². The van der Waals surface area contributed by atoms with E-state index in [1.165, 1.54) is 35.5 Å². The van der Waals surface area contributed by atoms with Crippen LogP contribution in [0.4, 0.5) is 4.39 Å². The Morgan fingerprint density at radius 1 is 1.21 bits per heavy atom. The zero-order valence-electron chi connectivity index (χ0n) is 10.6. The maximum absolute atomic E-state index is 12.8. The van der Waals surface area contributed by atoms with Gasteiger partial charge in [-0.25, -0.2) is 4.39 Å². The molecule has 1 aliphatic carbocycles. The summed E-state index contributed by atoms with van der Waals surface area (Å²) in [5.74, 6) is -0.270. The van der Waals surface area contributed by atoms with E-state index in [0.717, 1.165) is 12.8 Å². The second-order valence-corrected chi connectivity index (χ2v) is 5.80. The maximum atomic E-state index is 12.8. The fourth-order valence-electron chi connectivity index (χ4n) is 2.50. The summed E-state index contributed by atoms with van der Waals surface area (Å²) in [5.41, 5.74) is 3.92. The second-order valence-electron chi connectivity index (χ2n) is 4.86. The fraction of sp³-hybridized carbons (Fsp3) is 0.333. The molecule has 0 N–H and O–H groups in total. The lowest BCUT2D eigenvalue weighted by Gasteiger charge is -2.07. The number of rotatable bonds is 3. The van der Waals surface area contributed by atoms with Crippen LogP contribution in [0.5, 0.6) is 0 Å². The van der Waals surface area contributed by atoms with Gasteiger partial charge >= 0.3 is 0 Å². The quantitative estimate of drug-likeness (QED) is 0.624. The first-order valence-electron chi connectivity index (χ1n) is 6.51. The molecule has 0 saturated carbocycles. The summed E-state index contributed by atoms with van der Waals surface area (Å²) >= 11 is 1.74. The van der Waals surface area contributed by atoms with Gasteiger partial charge < -0.3 is 0 Å². The molecule has 1 aromatic carbocycles. The molecule has 0 bridgehead atoms. The minimum atomic E-state index is -0.308. The zero-order chi connectivity index (χ0) is 13.2. The van der Waals surface area contributed by atoms with Gasteiger partial charge in [0.2, 0.25) is 17.8 Å². The second kappa shape index (κ2) is 5.21. The highest BCUT2D eigenvalue weighted by atomic mass is 32.1. The average molecular weight is 276 g/mol. The molecule has 0 radical (unpaired) electrons. The number of aromatic nitrogens is 1. The molecule has 3 rings (SSSR count). The summed E-state index contributed by atoms with van der Waals surface area (Å²) in [5, 5.41) is 0. The number of carbonyl (C=O) groups excluding carboxylic acids is 1. The Kier molecular flexibility index (Phi) is 3.42. The summed E-state index contributed by atoms with van der Waals surface area (Å²) in [6, 6.07) is 5.77. The third-order valence-electron chi connectivity index (χ3n) is 3.54. The molecule has 2 nitrogen and oxygen atoms in total. The summed E-state index contributed by atoms with van der Waals surface area (Å²) in [6.45, 7) is 0.359. The van der Waals surface area contributed by atoms with Gasteiger partial charge in [0, 0.05) is 12.0 Å². The van der Waals surface area contributed by atoms with Crippen molar-refractivity contribution in [1.82, 2.24) is 0 Å². The number of carbonyl (C=O) groups is 1. The van der Waals surface area contributed by atoms with E-state index in [1.807, 2.05) is 5.51 Å². The smallest absolute Gasteiger partial charge is 0.227 e. The monoisotopic (exact) mass is 276 g/mol. The lowest BCUT2D eigenvalue weighted by atomic mass is 10.0. The highest BCUT2D eigenvalue weighted by Crippen LogP contribution is 2.22. The van der Waals surface area contributed by atoms with Crippen molar-refractivity contribution in [2.75, 3.05) is 0 Å². The Balaban J connectivity index is 1.79. The van der Waals surface area contributed by atoms with E-state index in [0.29, 0.717) is 12.1 Å². The number of Topliss-reactive ketones (excluding diaryl/α,β-unsaturated/α-hetero) is 1. The van der Waals surface area contributed by atoms with Crippen LogP contribution in [0.1, 0.15) is 33.8 Å². The molecule has 98 valence electrons. The first kappa shape index (κ1) is 12.5. The van der Waals surface area contributed by atoms with Gasteiger partial charge in [0.05, 0.1) is 4.88 Å². The van der Waals surface area contributed by atoms with Crippen molar-refractivity contribution in [2.24, 2.45) is 0 Å². The zero-order valence-corrected chi connectivity index (χ0v) is 11.4. The van der Waals surface area contributed by atoms with Gasteiger partial charge in [-0.2, -0.15) is 4.57 Å². The number of halogens is 1. The van der Waals surface area contributed by atoms with E-state index in [-0.39, 0.29) is 11.6 Å². The minimum Gasteiger partial charge on any atom is -0.287 e. The molecule has 1 heterocycles. The highest BCUT2D eigenvalue weighted by Gasteiger charge is 2.24. The van der Waals surface area contributed by atoms with E-state index in [9.17, 15) is 9.18 Å². The minimum absolute atomic E-state index is 0.0381. The number of hydrogen-bond donors (Lipinski definition) is 0. The Morgan fingerprint density at radius 3 is 2.74 bits per heavy atom. The van der Waals surface area contributed by atoms with Gasteiger partial charge in [-0.05, 0) is 43.5 Å². The molecule has 0 fully saturated rings. The standard InChI is InChI=1S/C15H15FNOS/c16-12-7-5-11(6-8-12)14(18)9-17-10-19-15-4-2-1-3-13(15)17/h5-8,10H,1-4,9H2/q+1. The van der Waals surface area contributed by atoms with E-state index in [1.54, 1.807) is 23.5 Å². The van der Waals surface area contributed by atoms with Crippen molar-refractivity contribution in [3.8, 4) is 0 Å². The molecule has 0 aliphatic heterocycles. The van der Waals surface area contributed by atoms with Crippen LogP contribution in [0.2, 0.25) is 0 Å². The Labute approximate surface area is 115 Å². The van der Waals surface area contributed by atoms with Crippen molar-refractivity contribution < 1.29 is 13.8 Å². The van der Waals surface area contributed by atoms with Crippen LogP contribution >= 0.6 is 11.3 Å². The maximum Gasteiger partial charge on any atom is 0.227 e. The molecule has 2 aromatic rings. The van der Waals surface area contributed by atoms with Crippen LogP contribution < -0.4 is 4.57 Å². The van der Waals surface area contributed by atoms with Crippen molar-refractivity contribution in [1.29, 1.82) is 0 Å². The predicted molar refractivity (Wildman–Crippen MR) is 71.9 cm³/mol. The number of aryl methyl sites for hydroxylation is 1. The molecule has 0 saturated heterocycles. The number of hydrogen-bond acceptors (Lipinski definition) is 2. The lowest BCUT2D eigenvalue weighted by Crippen LogP contribution is -2.40. The van der Waals surface area contributed by atoms with E-state index < -0.39 is 0 Å². The molecule has 0 atom stereocenters. The molecule has 0 amide bonds. The van der Waals surface area contributed by atoms with Crippen molar-refractivity contribution in [3.63, 3.8) is 0 Å². The van der Waals surface area contributed by atoms with Crippen LogP contribution in [0.3, 0.4) is 0 Å². The van der Waals surface area contributed by atoms with Gasteiger partial charge in [0.25, 0.3) is 0 Å². The molecule has 1 aliphatic rings. The summed E-state index contributed by atoms with van der Waals surface area (Å²) in [6.07, 6.45) is 4.65. The van der Waals surface area contributed by atoms with E-state index in [4.69, 9.17) is 0 Å². The van der Waals surface area contributed by atoms with E-state index >= 15 is 0 Å². The van der Waals surface area contributed by atoms with Gasteiger partial charge in [-0.15, -0.1) is 0 Å². The topological polar surface area (TPSA) is 20.9 Å². The first-order valence-corrected chi connectivity index (χ1v) is 7.39. The van der Waals surface area contributed by atoms with Gasteiger partial charge in [0.1, 0.15) is 5.82 Å². The Morgan fingerprint density at radius 2 is 1.95 bits per heavy atom. The first-order chi connectivity index (χ1) is 9.24. The van der Waals surface area contributed by atoms with Gasteiger partial charge in [0.15, 0.2) is 5.69 Å². The Bertz CT molecular complexity index is 603. The molecular formula is C15H15FNOS+. The number of fused-ring (bicyclic) bond motifs is 1. The lowest BCUT2D eigenvalue weighted by molar-refractivity contribution is -0.686. The Hall–Kier alpha value is -1.55.